The molecule has 1 radical (unpaired) electrons. The van der Waals surface area contributed by atoms with Gasteiger partial charge >= 0.3 is 10.3 Å². The molecule has 0 unspecified atom stereocenters. The molecule has 2 aromatic heterocycles. The summed E-state index contributed by atoms with van der Waals surface area (Å²) in [5.74, 6) is -0.711. The second-order valence-electron chi connectivity index (χ2n) is 6.66. The number of aromatic nitrogens is 4. The average molecular weight is 502 g/mol. The van der Waals surface area contributed by atoms with Gasteiger partial charge in [0.1, 0.15) is 30.2 Å². The van der Waals surface area contributed by atoms with Crippen LogP contribution in [0.4, 0.5) is 5.82 Å². The molecule has 1 amide bonds. The average Bonchev–Trinajstić information content (AvgIpc) is 3.25. The first-order valence-corrected chi connectivity index (χ1v) is 9.59. The number of imidazole rings is 1. The van der Waals surface area contributed by atoms with E-state index >= 15 is 0 Å². The summed E-state index contributed by atoms with van der Waals surface area (Å²) in [6, 6.07) is 0. The maximum absolute atomic E-state index is 11.6. The molecule has 29 heavy (non-hydrogen) atoms. The number of carbonyl (C=O) groups excluding carboxylic acids is 1. The van der Waals surface area contributed by atoms with Gasteiger partial charge in [0, 0.05) is 32.7 Å². The summed E-state index contributed by atoms with van der Waals surface area (Å²) in [6.07, 6.45) is 1.07. The first kappa shape index (κ1) is 22.4. The van der Waals surface area contributed by atoms with Crippen LogP contribution in [-0.4, -0.2) is 65.1 Å². The quantitative estimate of drug-likeness (QED) is 0.357. The molecule has 2 aliphatic rings. The standard InChI is InChI=1S/C14H17N6O7S.Y/c1-14(2)26-9-7(3-24-28(22,23)19-6-21)25-13(10(9)27-14)20-5-18-8-11(15)16-4-17-12(8)20;/h4-5,7,9-10,13H,3H2,1-2H3,(H,19,21)(H2,15,16,17);/q-1;/t7-,9-,10-,13-;/m1./s1. The Morgan fingerprint density at radius 1 is 1.31 bits per heavy atom. The summed E-state index contributed by atoms with van der Waals surface area (Å²) in [5.41, 5.74) is 6.64. The Kier molecular flexibility index (Phi) is 6.25. The van der Waals surface area contributed by atoms with E-state index in [1.54, 1.807) is 18.4 Å². The normalized spacial score (nSPS) is 28.1. The van der Waals surface area contributed by atoms with Crippen molar-refractivity contribution in [2.75, 3.05) is 12.3 Å². The van der Waals surface area contributed by atoms with E-state index in [0.29, 0.717) is 11.2 Å². The van der Waals surface area contributed by atoms with Crippen LogP contribution in [0.1, 0.15) is 20.1 Å². The van der Waals surface area contributed by atoms with E-state index in [-0.39, 0.29) is 38.5 Å². The van der Waals surface area contributed by atoms with Crippen molar-refractivity contribution in [3.05, 3.63) is 12.7 Å². The Balaban J connectivity index is 0.00000240. The van der Waals surface area contributed by atoms with E-state index in [0.717, 1.165) is 6.41 Å². The first-order chi connectivity index (χ1) is 13.2. The van der Waals surface area contributed by atoms with Crippen molar-refractivity contribution in [2.45, 2.75) is 44.2 Å². The molecule has 13 nitrogen and oxygen atoms in total. The molecule has 4 heterocycles. The summed E-state index contributed by atoms with van der Waals surface area (Å²) in [7, 11) is -4.29. The number of nitrogens with one attached hydrogen (secondary N) is 1. The van der Waals surface area contributed by atoms with Crippen LogP contribution < -0.4 is 10.5 Å². The molecule has 2 aromatic rings. The van der Waals surface area contributed by atoms with Crippen molar-refractivity contribution in [3.63, 3.8) is 0 Å². The van der Waals surface area contributed by atoms with Gasteiger partial charge in [-0.2, -0.15) is 8.42 Å². The van der Waals surface area contributed by atoms with Gasteiger partial charge in [-0.25, -0.2) is 15.0 Å². The summed E-state index contributed by atoms with van der Waals surface area (Å²) < 4.78 is 48.7. The predicted molar refractivity (Wildman–Crippen MR) is 91.2 cm³/mol. The molecule has 2 aliphatic heterocycles. The van der Waals surface area contributed by atoms with Gasteiger partial charge in [0.25, 0.3) is 0 Å². The number of amides is 1. The van der Waals surface area contributed by atoms with Crippen molar-refractivity contribution >= 4 is 33.7 Å². The number of nitrogens with two attached hydrogens (primary N) is 1. The van der Waals surface area contributed by atoms with Gasteiger partial charge in [-0.05, 0) is 13.8 Å². The third-order valence-electron chi connectivity index (χ3n) is 4.34. The fourth-order valence-corrected chi connectivity index (χ4v) is 3.78. The van der Waals surface area contributed by atoms with E-state index in [2.05, 4.69) is 15.0 Å². The molecular formula is C14H17N6O7SY-. The fraction of sp³-hybridized carbons (Fsp3) is 0.571. The molecule has 0 bridgehead atoms. The van der Waals surface area contributed by atoms with E-state index in [1.165, 1.54) is 17.4 Å². The number of ether oxygens (including phenoxy) is 3. The summed E-state index contributed by atoms with van der Waals surface area (Å²) in [5, 5.41) is 0. The Bertz CT molecular complexity index is 1020. The number of hydrogen-bond donors (Lipinski definition) is 2. The van der Waals surface area contributed by atoms with Gasteiger partial charge in [-0.1, -0.05) is 0 Å². The van der Waals surface area contributed by atoms with Crippen molar-refractivity contribution in [2.24, 2.45) is 0 Å². The minimum atomic E-state index is -4.29. The van der Waals surface area contributed by atoms with Gasteiger partial charge in [0.15, 0.2) is 23.5 Å². The van der Waals surface area contributed by atoms with Crippen LogP contribution in [0.15, 0.2) is 12.7 Å². The number of nitrogens with zero attached hydrogens (tertiary/aromatic N) is 4. The van der Waals surface area contributed by atoms with Gasteiger partial charge in [0.2, 0.25) is 0 Å². The zero-order chi connectivity index (χ0) is 20.1. The molecule has 155 valence electrons. The zero-order valence-electron chi connectivity index (χ0n) is 15.4. The van der Waals surface area contributed by atoms with Crippen molar-refractivity contribution in [1.82, 2.24) is 24.2 Å². The number of fused-ring (bicyclic) bond motifs is 2. The second-order valence-corrected chi connectivity index (χ2v) is 8.00. The molecule has 2 saturated heterocycles. The molecule has 0 spiro atoms. The molecule has 4 rings (SSSR count). The van der Waals surface area contributed by atoms with Gasteiger partial charge in [-0.3, -0.25) is 8.75 Å². The number of anilines is 1. The number of nitrogen functional groups attached to an aromatic ring is 1. The Labute approximate surface area is 190 Å². The number of hydrogen-bond acceptors (Lipinski definition) is 11. The molecule has 4 atom stereocenters. The van der Waals surface area contributed by atoms with Crippen LogP contribution in [0.5, 0.6) is 0 Å². The van der Waals surface area contributed by atoms with Crippen molar-refractivity contribution < 1.29 is 64.3 Å². The number of rotatable bonds is 6. The van der Waals surface area contributed by atoms with E-state index in [4.69, 9.17) is 24.1 Å². The molecule has 0 saturated carbocycles. The first-order valence-electron chi connectivity index (χ1n) is 8.18. The molecule has 3 N–H and O–H groups in total. The summed E-state index contributed by atoms with van der Waals surface area (Å²) >= 11 is 0. The molecular weight excluding hydrogens is 485 g/mol. The monoisotopic (exact) mass is 502 g/mol. The largest absolute Gasteiger partial charge is 0.519 e. The Morgan fingerprint density at radius 3 is 2.76 bits per heavy atom. The zero-order valence-corrected chi connectivity index (χ0v) is 19.0. The maximum Gasteiger partial charge on any atom is 0.331 e. The van der Waals surface area contributed by atoms with Crippen molar-refractivity contribution in [1.29, 1.82) is 0 Å². The van der Waals surface area contributed by atoms with Gasteiger partial charge in [0.05, 0.1) is 12.9 Å². The van der Waals surface area contributed by atoms with Crippen LogP contribution >= 0.6 is 0 Å². The summed E-state index contributed by atoms with van der Waals surface area (Å²) in [4.78, 5) is 22.5. The third kappa shape index (κ3) is 4.28. The minimum Gasteiger partial charge on any atom is -0.519 e. The van der Waals surface area contributed by atoms with Crippen molar-refractivity contribution in [3.8, 4) is 0 Å². The van der Waals surface area contributed by atoms with Gasteiger partial charge < -0.3 is 29.5 Å². The van der Waals surface area contributed by atoms with Crippen LogP contribution in [0, 0.1) is 0 Å². The SMILES string of the molecule is CC1(C)O[C@@H]2[C@H](O1)[C@@H](COS(=O)(=O)N[C-]=O)O[C@H]2n1cnc2c(N)ncnc21.[Y]. The fourth-order valence-electron chi connectivity index (χ4n) is 3.31. The van der Waals surface area contributed by atoms with Crippen LogP contribution in [-0.2, 0) is 66.2 Å². The predicted octanol–water partition coefficient (Wildman–Crippen LogP) is -1.26. The third-order valence-corrected chi connectivity index (χ3v) is 5.12. The smallest absolute Gasteiger partial charge is 0.331 e. The molecule has 0 aromatic carbocycles. The Hall–Kier alpha value is -1.29. The van der Waals surface area contributed by atoms with Gasteiger partial charge in [-0.15, -0.1) is 6.41 Å². The van der Waals surface area contributed by atoms with Crippen LogP contribution in [0.2, 0.25) is 0 Å². The molecule has 15 heteroatoms. The molecule has 2 fully saturated rings. The summed E-state index contributed by atoms with van der Waals surface area (Å²) in [6.45, 7) is 3.05. The minimum absolute atomic E-state index is 0. The van der Waals surface area contributed by atoms with E-state index in [9.17, 15) is 13.2 Å². The van der Waals surface area contributed by atoms with Crippen LogP contribution in [0.3, 0.4) is 0 Å². The maximum atomic E-state index is 11.6. The second kappa shape index (κ2) is 8.09. The Morgan fingerprint density at radius 2 is 2.03 bits per heavy atom. The van der Waals surface area contributed by atoms with E-state index < -0.39 is 47.2 Å². The van der Waals surface area contributed by atoms with E-state index in [1.807, 2.05) is 0 Å². The molecule has 0 aliphatic carbocycles. The topological polar surface area (TPSA) is 170 Å². The van der Waals surface area contributed by atoms with Crippen LogP contribution in [0.25, 0.3) is 11.2 Å².